The predicted molar refractivity (Wildman–Crippen MR) is 172 cm³/mol. The Bertz CT molecular complexity index is 1580. The number of esters is 1. The molecule has 3 aliphatic heterocycles. The Balaban J connectivity index is 1.31. The summed E-state index contributed by atoms with van der Waals surface area (Å²) < 4.78 is 19.1. The standard InChI is InChI=1S/C31H36ClFN8O3S/c1-35-9-8-23(34)26-24(37-28(29-36-10-13-45-29)38-27(26)20-7-6-18(33)14-22(20)32)17-39-11-12-40-19(15-39)16-41(31(40)43)25-5-3-4-21(25)30(42)44-2/h6-10,13-14,19,21,25,27H,3-5,11-12,15-17,34H2,1-2H3,(H,37,38)/t19-,21+,25+,27-/m0/s1. The van der Waals surface area contributed by atoms with Crippen molar-refractivity contribution in [3.63, 3.8) is 0 Å². The molecule has 238 valence electrons. The second kappa shape index (κ2) is 13.3. The highest BCUT2D eigenvalue weighted by molar-refractivity contribution is 7.11. The number of carbonyl (C=O) groups excluding carboxylic acids is 2. The molecule has 2 amide bonds. The number of nitrogens with zero attached hydrogens (tertiary/aromatic N) is 6. The van der Waals surface area contributed by atoms with E-state index in [-0.39, 0.29) is 35.0 Å². The summed E-state index contributed by atoms with van der Waals surface area (Å²) in [5.74, 6) is -0.396. The summed E-state index contributed by atoms with van der Waals surface area (Å²) >= 11 is 8.05. The van der Waals surface area contributed by atoms with Gasteiger partial charge in [0.25, 0.3) is 0 Å². The number of carbonyl (C=O) groups is 2. The van der Waals surface area contributed by atoms with E-state index in [4.69, 9.17) is 27.1 Å². The van der Waals surface area contributed by atoms with Gasteiger partial charge in [-0.15, -0.1) is 11.3 Å². The number of ether oxygens (including phenoxy) is 1. The molecule has 0 unspecified atom stereocenters. The normalized spacial score (nSPS) is 26.0. The quantitative estimate of drug-likeness (QED) is 0.329. The van der Waals surface area contributed by atoms with Crippen LogP contribution in [0.5, 0.6) is 0 Å². The number of aromatic nitrogens is 1. The minimum absolute atomic E-state index is 0.00798. The lowest BCUT2D eigenvalue weighted by Gasteiger charge is -2.38. The number of amides is 2. The zero-order chi connectivity index (χ0) is 31.7. The first kappa shape index (κ1) is 31.2. The number of nitrogens with two attached hydrogens (primary N) is 1. The van der Waals surface area contributed by atoms with E-state index in [1.807, 2.05) is 15.2 Å². The molecular formula is C31H36ClFN8O3S. The Kier molecular flexibility index (Phi) is 9.20. The Morgan fingerprint density at radius 1 is 1.29 bits per heavy atom. The number of piperazine rings is 1. The van der Waals surface area contributed by atoms with Crippen molar-refractivity contribution in [2.75, 3.05) is 46.9 Å². The van der Waals surface area contributed by atoms with Gasteiger partial charge in [0, 0.05) is 91.2 Å². The molecule has 0 radical (unpaired) electrons. The molecular weight excluding hydrogens is 619 g/mol. The fourth-order valence-electron chi connectivity index (χ4n) is 6.88. The van der Waals surface area contributed by atoms with Gasteiger partial charge in [0.15, 0.2) is 10.8 Å². The van der Waals surface area contributed by atoms with Crippen molar-refractivity contribution in [2.45, 2.75) is 37.4 Å². The van der Waals surface area contributed by atoms with Crippen molar-refractivity contribution in [1.29, 1.82) is 0 Å². The van der Waals surface area contributed by atoms with Crippen LogP contribution in [0.1, 0.15) is 35.9 Å². The maximum Gasteiger partial charge on any atom is 0.320 e. The molecule has 1 aromatic carbocycles. The van der Waals surface area contributed by atoms with Crippen LogP contribution < -0.4 is 11.1 Å². The number of rotatable bonds is 8. The van der Waals surface area contributed by atoms with Gasteiger partial charge in [-0.05, 0) is 31.1 Å². The smallest absolute Gasteiger partial charge is 0.320 e. The number of fused-ring (bicyclic) bond motifs is 1. The Morgan fingerprint density at radius 3 is 2.87 bits per heavy atom. The molecule has 14 heteroatoms. The molecule has 0 spiro atoms. The number of amidine groups is 1. The predicted octanol–water partition coefficient (Wildman–Crippen LogP) is 3.59. The first-order chi connectivity index (χ1) is 21.8. The number of halogens is 2. The van der Waals surface area contributed by atoms with Crippen LogP contribution in [0.15, 0.2) is 62.8 Å². The average molecular weight is 655 g/mol. The van der Waals surface area contributed by atoms with Crippen LogP contribution in [0, 0.1) is 11.7 Å². The third-order valence-corrected chi connectivity index (χ3v) is 10.1. The van der Waals surface area contributed by atoms with Gasteiger partial charge < -0.3 is 25.6 Å². The molecule has 45 heavy (non-hydrogen) atoms. The molecule has 1 aromatic heterocycles. The minimum atomic E-state index is -0.628. The van der Waals surface area contributed by atoms with E-state index in [9.17, 15) is 14.0 Å². The summed E-state index contributed by atoms with van der Waals surface area (Å²) in [6.07, 6.45) is 7.48. The molecule has 11 nitrogen and oxygen atoms in total. The van der Waals surface area contributed by atoms with Gasteiger partial charge in [-0.3, -0.25) is 19.7 Å². The highest BCUT2D eigenvalue weighted by Crippen LogP contribution is 2.39. The number of thiazole rings is 1. The van der Waals surface area contributed by atoms with E-state index in [1.54, 1.807) is 31.6 Å². The van der Waals surface area contributed by atoms with E-state index < -0.39 is 11.9 Å². The maximum absolute atomic E-state index is 14.1. The number of methoxy groups -OCH3 is 1. The number of aliphatic imine (C=N–C) groups is 2. The Labute approximate surface area is 270 Å². The lowest BCUT2D eigenvalue weighted by atomic mass is 9.92. The molecule has 1 aliphatic carbocycles. The maximum atomic E-state index is 14.1. The van der Waals surface area contributed by atoms with Gasteiger partial charge in [-0.2, -0.15) is 0 Å². The van der Waals surface area contributed by atoms with Crippen LogP contribution in [-0.2, 0) is 9.53 Å². The minimum Gasteiger partial charge on any atom is -0.469 e. The Hall–Kier alpha value is -3.81. The van der Waals surface area contributed by atoms with Crippen molar-refractivity contribution in [1.82, 2.24) is 25.0 Å². The zero-order valence-electron chi connectivity index (χ0n) is 25.2. The van der Waals surface area contributed by atoms with Gasteiger partial charge in [0.2, 0.25) is 0 Å². The molecule has 3 N–H and O–H groups in total. The van der Waals surface area contributed by atoms with Crippen molar-refractivity contribution in [3.05, 3.63) is 74.2 Å². The van der Waals surface area contributed by atoms with Crippen LogP contribution in [0.2, 0.25) is 5.02 Å². The lowest BCUT2D eigenvalue weighted by molar-refractivity contribution is -0.146. The third-order valence-electron chi connectivity index (χ3n) is 8.96. The average Bonchev–Trinajstić information content (AvgIpc) is 3.80. The number of allylic oxidation sites excluding steroid dienone is 1. The van der Waals surface area contributed by atoms with Gasteiger partial charge in [0.1, 0.15) is 11.9 Å². The topological polar surface area (TPSA) is 129 Å². The van der Waals surface area contributed by atoms with Crippen LogP contribution in [0.4, 0.5) is 9.18 Å². The van der Waals surface area contributed by atoms with Crippen LogP contribution in [-0.4, -0.2) is 103 Å². The highest BCUT2D eigenvalue weighted by atomic mass is 35.5. The first-order valence-corrected chi connectivity index (χ1v) is 16.2. The zero-order valence-corrected chi connectivity index (χ0v) is 26.7. The van der Waals surface area contributed by atoms with E-state index >= 15 is 0 Å². The monoisotopic (exact) mass is 654 g/mol. The SMILES string of the molecule is CN=CC=C(N)C1=C(CN2CCN3C(=O)N([C@@H]4CCC[C@H]4C(=O)OC)C[C@@H]3C2)NC(c2nccs2)=N[C@H]1c1ccc(F)cc1Cl. The molecule has 6 rings (SSSR count). The fraction of sp³-hybridized carbons (Fsp3) is 0.452. The van der Waals surface area contributed by atoms with Crippen molar-refractivity contribution < 1.29 is 18.7 Å². The highest BCUT2D eigenvalue weighted by Gasteiger charge is 2.48. The van der Waals surface area contributed by atoms with Crippen molar-refractivity contribution >= 4 is 47.0 Å². The largest absolute Gasteiger partial charge is 0.469 e. The second-order valence-corrected chi connectivity index (χ2v) is 12.9. The van der Waals surface area contributed by atoms with Crippen LogP contribution >= 0.6 is 22.9 Å². The number of urea groups is 1. The number of hydrogen-bond acceptors (Lipinski definition) is 10. The summed E-state index contributed by atoms with van der Waals surface area (Å²) in [5.41, 5.74) is 9.29. The molecule has 2 aromatic rings. The summed E-state index contributed by atoms with van der Waals surface area (Å²) in [6.45, 7) is 2.89. The van der Waals surface area contributed by atoms with Gasteiger partial charge >= 0.3 is 12.0 Å². The van der Waals surface area contributed by atoms with E-state index in [0.29, 0.717) is 60.4 Å². The number of hydrogen-bond donors (Lipinski definition) is 2. The van der Waals surface area contributed by atoms with Crippen LogP contribution in [0.3, 0.4) is 0 Å². The van der Waals surface area contributed by atoms with E-state index in [2.05, 4.69) is 20.2 Å². The summed E-state index contributed by atoms with van der Waals surface area (Å²) in [7, 11) is 3.07. The Morgan fingerprint density at radius 2 is 2.13 bits per heavy atom. The first-order valence-electron chi connectivity index (χ1n) is 15.0. The van der Waals surface area contributed by atoms with Gasteiger partial charge in [-0.1, -0.05) is 24.1 Å². The molecule has 0 bridgehead atoms. The fourth-order valence-corrected chi connectivity index (χ4v) is 7.74. The summed E-state index contributed by atoms with van der Waals surface area (Å²) in [4.78, 5) is 45.6. The lowest BCUT2D eigenvalue weighted by Crippen LogP contribution is -2.53. The summed E-state index contributed by atoms with van der Waals surface area (Å²) in [6, 6.07) is 3.48. The number of benzene rings is 1. The molecule has 3 fully saturated rings. The molecule has 4 atom stereocenters. The molecule has 4 aliphatic rings. The van der Waals surface area contributed by atoms with E-state index in [0.717, 1.165) is 25.0 Å². The van der Waals surface area contributed by atoms with Crippen molar-refractivity contribution in [2.24, 2.45) is 21.6 Å². The third kappa shape index (κ3) is 6.21. The van der Waals surface area contributed by atoms with Gasteiger partial charge in [-0.25, -0.2) is 14.2 Å². The second-order valence-electron chi connectivity index (χ2n) is 11.6. The van der Waals surface area contributed by atoms with Gasteiger partial charge in [0.05, 0.1) is 19.1 Å². The molecule has 4 heterocycles. The summed E-state index contributed by atoms with van der Waals surface area (Å²) in [5, 5.41) is 6.32. The van der Waals surface area contributed by atoms with Crippen LogP contribution in [0.25, 0.3) is 0 Å². The molecule has 2 saturated heterocycles. The van der Waals surface area contributed by atoms with E-state index in [1.165, 1.54) is 30.6 Å². The van der Waals surface area contributed by atoms with Crippen molar-refractivity contribution in [3.8, 4) is 0 Å². The number of nitrogens with one attached hydrogen (secondary N) is 1. The molecule has 1 saturated carbocycles.